The van der Waals surface area contributed by atoms with E-state index in [2.05, 4.69) is 30.5 Å². The molecule has 5 heteroatoms. The Morgan fingerprint density at radius 1 is 1.57 bits per heavy atom. The monoisotopic (exact) mass is 203 g/mol. The van der Waals surface area contributed by atoms with E-state index in [1.165, 1.54) is 0 Å². The summed E-state index contributed by atoms with van der Waals surface area (Å²) in [6, 6.07) is 0. The van der Waals surface area contributed by atoms with Crippen molar-refractivity contribution in [1.82, 2.24) is 10.5 Å². The van der Waals surface area contributed by atoms with Crippen LogP contribution in [0.2, 0.25) is 0 Å². The molecule has 3 N–H and O–H groups in total. The van der Waals surface area contributed by atoms with E-state index in [0.29, 0.717) is 12.3 Å². The molecule has 0 aromatic carbocycles. The topological polar surface area (TPSA) is 67.6 Å². The predicted molar refractivity (Wildman–Crippen MR) is 55.0 cm³/mol. The van der Waals surface area contributed by atoms with Gasteiger partial charge in [0, 0.05) is 13.1 Å². The Hall–Kier alpha value is -0.650. The van der Waals surface area contributed by atoms with Gasteiger partial charge in [0.15, 0.2) is 0 Å². The highest BCUT2D eigenvalue weighted by atomic mass is 16.7. The number of nitrogens with zero attached hydrogens (tertiary/aromatic N) is 1. The number of carbonyl (C=O) groups excluding carboxylic acids is 1. The van der Waals surface area contributed by atoms with Gasteiger partial charge >= 0.3 is 5.97 Å². The van der Waals surface area contributed by atoms with Crippen LogP contribution in [0.1, 0.15) is 27.2 Å². The van der Waals surface area contributed by atoms with Gasteiger partial charge in [-0.2, -0.15) is 0 Å². The normalized spacial score (nSPS) is 11.0. The predicted octanol–water partition coefficient (Wildman–Crippen LogP) is 0.276. The summed E-state index contributed by atoms with van der Waals surface area (Å²) < 4.78 is 0. The van der Waals surface area contributed by atoms with Crippen LogP contribution in [0.4, 0.5) is 0 Å². The number of hydrogen-bond donors (Lipinski definition) is 2. The van der Waals surface area contributed by atoms with Gasteiger partial charge in [-0.05, 0) is 12.5 Å². The van der Waals surface area contributed by atoms with Gasteiger partial charge in [-0.3, -0.25) is 4.79 Å². The molecule has 0 saturated carbocycles. The van der Waals surface area contributed by atoms with Crippen LogP contribution in [-0.2, 0) is 9.63 Å². The number of hydrazine groups is 1. The molecule has 0 unspecified atom stereocenters. The number of carbonyl (C=O) groups is 1. The van der Waals surface area contributed by atoms with Crippen LogP contribution in [0, 0.1) is 5.92 Å². The van der Waals surface area contributed by atoms with Gasteiger partial charge in [0.2, 0.25) is 0 Å². The quantitative estimate of drug-likeness (QED) is 0.459. The van der Waals surface area contributed by atoms with E-state index < -0.39 is 0 Å². The molecule has 0 radical (unpaired) electrons. The molecule has 0 aliphatic carbocycles. The Balaban J connectivity index is 3.66. The van der Waals surface area contributed by atoms with Crippen LogP contribution in [-0.4, -0.2) is 30.5 Å². The molecule has 0 aromatic heterocycles. The average Bonchev–Trinajstić information content (AvgIpc) is 2.12. The number of rotatable bonds is 7. The molecule has 0 aliphatic rings. The molecule has 0 rings (SSSR count). The third-order valence-corrected chi connectivity index (χ3v) is 1.88. The lowest BCUT2D eigenvalue weighted by molar-refractivity contribution is -0.151. The molecule has 0 heterocycles. The first-order valence-electron chi connectivity index (χ1n) is 4.97. The molecule has 0 spiro atoms. The summed E-state index contributed by atoms with van der Waals surface area (Å²) >= 11 is 0. The molecule has 0 aromatic rings. The fraction of sp³-hybridized carbons (Fsp3) is 0.889. The highest BCUT2D eigenvalue weighted by Gasteiger charge is 2.08. The van der Waals surface area contributed by atoms with E-state index in [1.54, 1.807) is 0 Å². The van der Waals surface area contributed by atoms with Crippen molar-refractivity contribution in [3.05, 3.63) is 0 Å². The van der Waals surface area contributed by atoms with Crippen LogP contribution in [0.25, 0.3) is 0 Å². The van der Waals surface area contributed by atoms with E-state index in [4.69, 9.17) is 5.84 Å². The van der Waals surface area contributed by atoms with E-state index in [-0.39, 0.29) is 5.97 Å². The van der Waals surface area contributed by atoms with E-state index in [0.717, 1.165) is 19.6 Å². The van der Waals surface area contributed by atoms with E-state index in [1.807, 2.05) is 5.59 Å². The van der Waals surface area contributed by atoms with Crippen molar-refractivity contribution < 1.29 is 9.63 Å². The van der Waals surface area contributed by atoms with Crippen molar-refractivity contribution in [2.75, 3.05) is 19.6 Å². The maximum absolute atomic E-state index is 11.0. The zero-order chi connectivity index (χ0) is 11.0. The van der Waals surface area contributed by atoms with Gasteiger partial charge in [0.05, 0.1) is 6.42 Å². The number of nitrogens with two attached hydrogens (primary N) is 1. The fourth-order valence-electron chi connectivity index (χ4n) is 1.26. The third-order valence-electron chi connectivity index (χ3n) is 1.88. The second-order valence-electron chi connectivity index (χ2n) is 3.63. The zero-order valence-corrected chi connectivity index (χ0v) is 9.25. The lowest BCUT2D eigenvalue weighted by Gasteiger charge is -2.21. The molecule has 0 amide bonds. The standard InChI is InChI=1S/C9H21N3O2/c1-4-12(7-8(2)3)6-5-9(13)14-11-10/h8,11H,4-7,10H2,1-3H3. The molecule has 0 fully saturated rings. The Morgan fingerprint density at radius 2 is 2.21 bits per heavy atom. The molecular formula is C9H21N3O2. The summed E-state index contributed by atoms with van der Waals surface area (Å²) in [6.07, 6.45) is 0.366. The summed E-state index contributed by atoms with van der Waals surface area (Å²) in [5.74, 6) is 5.13. The van der Waals surface area contributed by atoms with Crippen molar-refractivity contribution in [3.63, 3.8) is 0 Å². The van der Waals surface area contributed by atoms with Crippen molar-refractivity contribution >= 4 is 5.97 Å². The SMILES string of the molecule is CCN(CCC(=O)ONN)CC(C)C. The fourth-order valence-corrected chi connectivity index (χ4v) is 1.26. The van der Waals surface area contributed by atoms with Gasteiger partial charge in [-0.15, -0.1) is 0 Å². The minimum absolute atomic E-state index is 0.324. The second-order valence-corrected chi connectivity index (χ2v) is 3.63. The van der Waals surface area contributed by atoms with Crippen LogP contribution in [0.5, 0.6) is 0 Å². The maximum Gasteiger partial charge on any atom is 0.327 e. The summed E-state index contributed by atoms with van der Waals surface area (Å²) in [5.41, 5.74) is 1.88. The van der Waals surface area contributed by atoms with Crippen LogP contribution >= 0.6 is 0 Å². The van der Waals surface area contributed by atoms with Gasteiger partial charge in [-0.1, -0.05) is 26.4 Å². The lowest BCUT2D eigenvalue weighted by Crippen LogP contribution is -2.32. The van der Waals surface area contributed by atoms with Crippen molar-refractivity contribution in [1.29, 1.82) is 0 Å². The number of nitrogens with one attached hydrogen (secondary N) is 1. The van der Waals surface area contributed by atoms with Crippen LogP contribution < -0.4 is 11.4 Å². The molecule has 14 heavy (non-hydrogen) atoms. The van der Waals surface area contributed by atoms with Crippen molar-refractivity contribution in [3.8, 4) is 0 Å². The highest BCUT2D eigenvalue weighted by molar-refractivity contribution is 5.69. The summed E-state index contributed by atoms with van der Waals surface area (Å²) in [7, 11) is 0. The van der Waals surface area contributed by atoms with Crippen molar-refractivity contribution in [2.45, 2.75) is 27.2 Å². The molecule has 0 aliphatic heterocycles. The Kier molecular flexibility index (Phi) is 7.37. The molecule has 84 valence electrons. The molecule has 0 atom stereocenters. The molecular weight excluding hydrogens is 182 g/mol. The van der Waals surface area contributed by atoms with E-state index in [9.17, 15) is 4.79 Å². The van der Waals surface area contributed by atoms with Gasteiger partial charge in [-0.25, -0.2) is 5.84 Å². The maximum atomic E-state index is 11.0. The summed E-state index contributed by atoms with van der Waals surface area (Å²) in [6.45, 7) is 9.05. The third kappa shape index (κ3) is 6.82. The average molecular weight is 203 g/mol. The molecule has 5 nitrogen and oxygen atoms in total. The summed E-state index contributed by atoms with van der Waals surface area (Å²) in [4.78, 5) is 17.6. The first kappa shape index (κ1) is 13.4. The lowest BCUT2D eigenvalue weighted by atomic mass is 10.2. The Morgan fingerprint density at radius 3 is 2.64 bits per heavy atom. The van der Waals surface area contributed by atoms with Crippen molar-refractivity contribution in [2.24, 2.45) is 11.8 Å². The minimum atomic E-state index is -0.324. The number of hydrogen-bond acceptors (Lipinski definition) is 5. The molecule has 0 saturated heterocycles. The first-order chi connectivity index (χ1) is 6.60. The van der Waals surface area contributed by atoms with Crippen LogP contribution in [0.3, 0.4) is 0 Å². The Bertz CT molecular complexity index is 162. The largest absolute Gasteiger partial charge is 0.356 e. The van der Waals surface area contributed by atoms with Gasteiger partial charge in [0.25, 0.3) is 0 Å². The van der Waals surface area contributed by atoms with Gasteiger partial charge in [0.1, 0.15) is 0 Å². The summed E-state index contributed by atoms with van der Waals surface area (Å²) in [5, 5.41) is 0. The smallest absolute Gasteiger partial charge is 0.327 e. The first-order valence-corrected chi connectivity index (χ1v) is 4.97. The van der Waals surface area contributed by atoms with Crippen LogP contribution in [0.15, 0.2) is 0 Å². The zero-order valence-electron chi connectivity index (χ0n) is 9.25. The molecule has 0 bridgehead atoms. The minimum Gasteiger partial charge on any atom is -0.356 e. The second kappa shape index (κ2) is 7.73. The van der Waals surface area contributed by atoms with E-state index >= 15 is 0 Å². The highest BCUT2D eigenvalue weighted by Crippen LogP contribution is 1.99. The Labute approximate surface area is 85.5 Å². The van der Waals surface area contributed by atoms with Gasteiger partial charge < -0.3 is 9.74 Å².